The minimum atomic E-state index is -2.53. The molecule has 33 heavy (non-hydrogen) atoms. The van der Waals surface area contributed by atoms with Gasteiger partial charge in [0.25, 0.3) is 0 Å². The molecule has 0 radical (unpaired) electrons. The molecule has 0 aliphatic rings. The maximum Gasteiger partial charge on any atom is 0.161 e. The zero-order valence-electron chi connectivity index (χ0n) is 25.4. The first kappa shape index (κ1) is 19.5. The maximum absolute atomic E-state index is 10.3. The number of nitriles is 1. The smallest absolute Gasteiger partial charge is 0.161 e. The molecule has 0 bridgehead atoms. The molecule has 1 atom stereocenters. The van der Waals surface area contributed by atoms with Crippen LogP contribution in [0, 0.1) is 17.2 Å². The molecule has 0 aliphatic heterocycles. The van der Waals surface area contributed by atoms with Gasteiger partial charge in [0, 0.05) is 13.4 Å². The second-order valence-electron chi connectivity index (χ2n) is 8.08. The van der Waals surface area contributed by atoms with E-state index in [2.05, 4.69) is 6.07 Å². The zero-order chi connectivity index (χ0) is 28.7. The van der Waals surface area contributed by atoms with Crippen molar-refractivity contribution in [1.29, 1.82) is 5.26 Å². The summed E-state index contributed by atoms with van der Waals surface area (Å²) in [5.74, 6) is 1.80. The first-order chi connectivity index (χ1) is 17.8. The van der Waals surface area contributed by atoms with Crippen molar-refractivity contribution >= 4 is 0 Å². The molecule has 0 saturated heterocycles. The largest absolute Gasteiger partial charge is 0.493 e. The minimum absolute atomic E-state index is 0.0761. The van der Waals surface area contributed by atoms with Crippen LogP contribution in [0.15, 0.2) is 36.4 Å². The Morgan fingerprint density at radius 3 is 2.09 bits per heavy atom. The topological polar surface area (TPSA) is 64.0 Å². The molecule has 180 valence electrons. The van der Waals surface area contributed by atoms with Crippen molar-refractivity contribution in [1.82, 2.24) is 4.90 Å². The van der Waals surface area contributed by atoms with E-state index in [9.17, 15) is 5.26 Å². The van der Waals surface area contributed by atoms with Gasteiger partial charge < -0.3 is 23.8 Å². The van der Waals surface area contributed by atoms with E-state index in [1.54, 1.807) is 31.4 Å². The van der Waals surface area contributed by atoms with E-state index in [1.807, 2.05) is 19.9 Å². The van der Waals surface area contributed by atoms with Crippen molar-refractivity contribution in [3.63, 3.8) is 0 Å². The number of nitrogens with zero attached hydrogens (tertiary/aromatic N) is 2. The van der Waals surface area contributed by atoms with Gasteiger partial charge in [-0.1, -0.05) is 26.0 Å². The Kier molecular flexibility index (Phi) is 7.32. The van der Waals surface area contributed by atoms with Gasteiger partial charge in [0.15, 0.2) is 23.0 Å². The van der Waals surface area contributed by atoms with Crippen LogP contribution in [0.1, 0.15) is 44.7 Å². The van der Waals surface area contributed by atoms with Crippen LogP contribution in [0.5, 0.6) is 23.0 Å². The van der Waals surface area contributed by atoms with Gasteiger partial charge in [-0.2, -0.15) is 5.26 Å². The highest BCUT2D eigenvalue weighted by atomic mass is 16.5. The van der Waals surface area contributed by atoms with Crippen LogP contribution in [-0.4, -0.2) is 53.4 Å². The van der Waals surface area contributed by atoms with Gasteiger partial charge in [0.05, 0.1) is 39.9 Å². The van der Waals surface area contributed by atoms with Gasteiger partial charge in [-0.25, -0.2) is 0 Å². The molecule has 2 rings (SSSR count). The third-order valence-corrected chi connectivity index (χ3v) is 5.94. The molecule has 0 aromatic heterocycles. The Morgan fingerprint density at radius 1 is 0.939 bits per heavy atom. The first-order valence-corrected chi connectivity index (χ1v) is 10.9. The van der Waals surface area contributed by atoms with E-state index in [0.717, 1.165) is 10.5 Å². The predicted molar refractivity (Wildman–Crippen MR) is 132 cm³/mol. The summed E-state index contributed by atoms with van der Waals surface area (Å²) in [5, 5.41) is 10.3. The molecule has 2 aromatic rings. The van der Waals surface area contributed by atoms with E-state index in [0.29, 0.717) is 35.8 Å². The van der Waals surface area contributed by atoms with E-state index in [-0.39, 0.29) is 24.6 Å². The van der Waals surface area contributed by atoms with Gasteiger partial charge in [-0.3, -0.25) is 0 Å². The lowest BCUT2D eigenvalue weighted by Gasteiger charge is -2.32. The predicted octanol–water partition coefficient (Wildman–Crippen LogP) is 5.09. The van der Waals surface area contributed by atoms with Gasteiger partial charge in [0.1, 0.15) is 0 Å². The fourth-order valence-electron chi connectivity index (χ4n) is 3.89. The molecule has 6 heteroatoms. The van der Waals surface area contributed by atoms with Crippen LogP contribution in [0.3, 0.4) is 0 Å². The van der Waals surface area contributed by atoms with Gasteiger partial charge in [-0.05, 0) is 74.0 Å². The Labute approximate surface area is 206 Å². The molecular weight excluding hydrogens is 416 g/mol. The normalized spacial score (nSPS) is 15.9. The van der Waals surface area contributed by atoms with Crippen molar-refractivity contribution in [3.8, 4) is 29.1 Å². The standard InChI is InChI=1S/C27H38N2O4/c1-20(2)27(19-28,22-10-12-24(31-5)26(18-22)33-7)14-8-15-29(3)16-13-21-9-11-23(30-4)25(17-21)32-6/h9-12,17-18,20H,8,13-16H2,1-7H3/i3D3,13D2. The number of hydrogen-bond acceptors (Lipinski definition) is 6. The molecule has 0 aliphatic carbocycles. The van der Waals surface area contributed by atoms with Crippen LogP contribution in [0.4, 0.5) is 0 Å². The second-order valence-corrected chi connectivity index (χ2v) is 8.08. The first-order valence-electron chi connectivity index (χ1n) is 13.4. The van der Waals surface area contributed by atoms with Crippen LogP contribution in [0.2, 0.25) is 0 Å². The summed E-state index contributed by atoms with van der Waals surface area (Å²) < 4.78 is 62.8. The monoisotopic (exact) mass is 459 g/mol. The Hall–Kier alpha value is -2.91. The van der Waals surface area contributed by atoms with Crippen LogP contribution in [-0.2, 0) is 11.8 Å². The summed E-state index contributed by atoms with van der Waals surface area (Å²) in [6.45, 7) is 1.10. The molecule has 0 fully saturated rings. The summed E-state index contributed by atoms with van der Waals surface area (Å²) >= 11 is 0. The van der Waals surface area contributed by atoms with Gasteiger partial charge in [-0.15, -0.1) is 0 Å². The second kappa shape index (κ2) is 12.4. The summed E-state index contributed by atoms with van der Waals surface area (Å²) in [7, 11) is 6.02. The number of methoxy groups -OCH3 is 4. The van der Waals surface area contributed by atoms with Crippen molar-refractivity contribution in [2.45, 2.75) is 38.5 Å². The molecule has 0 heterocycles. The number of ether oxygens (including phenoxy) is 4. The molecular formula is C27H38N2O4. The van der Waals surface area contributed by atoms with Crippen molar-refractivity contribution in [2.75, 3.05) is 48.5 Å². The summed E-state index contributed by atoms with van der Waals surface area (Å²) in [4.78, 5) is 1.15. The maximum atomic E-state index is 10.3. The average molecular weight is 460 g/mol. The van der Waals surface area contributed by atoms with Crippen molar-refractivity contribution < 1.29 is 25.8 Å². The lowest BCUT2D eigenvalue weighted by atomic mass is 9.69. The van der Waals surface area contributed by atoms with Gasteiger partial charge >= 0.3 is 0 Å². The number of benzene rings is 2. The van der Waals surface area contributed by atoms with E-state index in [1.165, 1.54) is 27.4 Å². The summed E-state index contributed by atoms with van der Waals surface area (Å²) in [5.41, 5.74) is 0.138. The fourth-order valence-corrected chi connectivity index (χ4v) is 3.89. The third kappa shape index (κ3) is 6.33. The number of likely N-dealkylation sites (N-methyl/N-ethyl adjacent to an activating group) is 1. The fraction of sp³-hybridized carbons (Fsp3) is 0.519. The molecule has 6 nitrogen and oxygen atoms in total. The highest BCUT2D eigenvalue weighted by Gasteiger charge is 2.36. The highest BCUT2D eigenvalue weighted by molar-refractivity contribution is 5.47. The van der Waals surface area contributed by atoms with Crippen molar-refractivity contribution in [3.05, 3.63) is 47.5 Å². The number of hydrogen-bond donors (Lipinski definition) is 0. The van der Waals surface area contributed by atoms with Crippen LogP contribution in [0.25, 0.3) is 0 Å². The van der Waals surface area contributed by atoms with Crippen molar-refractivity contribution in [2.24, 2.45) is 5.92 Å². The Balaban J connectivity index is 2.30. The quantitative estimate of drug-likeness (QED) is 0.416. The number of rotatable bonds is 13. The SMILES string of the molecule is [2H]C([2H])(CN(CCCC(C#N)(c1ccc(OC)c(OC)c1)C(C)C)C([2H])([2H])[2H])c1ccc(OC)c(OC)c1. The van der Waals surface area contributed by atoms with Gasteiger partial charge in [0.2, 0.25) is 0 Å². The Bertz CT molecular complexity index is 1120. The molecule has 0 spiro atoms. The molecule has 0 saturated carbocycles. The Morgan fingerprint density at radius 2 is 1.55 bits per heavy atom. The molecule has 0 amide bonds. The lowest BCUT2D eigenvalue weighted by molar-refractivity contribution is 0.292. The van der Waals surface area contributed by atoms with Crippen LogP contribution < -0.4 is 18.9 Å². The molecule has 0 N–H and O–H groups in total. The summed E-state index contributed by atoms with van der Waals surface area (Å²) in [6.07, 6.45) is -1.25. The van der Waals surface area contributed by atoms with E-state index < -0.39 is 18.8 Å². The average Bonchev–Trinajstić information content (AvgIpc) is 2.88. The zero-order valence-corrected chi connectivity index (χ0v) is 20.4. The van der Waals surface area contributed by atoms with E-state index >= 15 is 0 Å². The van der Waals surface area contributed by atoms with E-state index in [4.69, 9.17) is 25.8 Å². The molecule has 2 aromatic carbocycles. The third-order valence-electron chi connectivity index (χ3n) is 5.94. The highest BCUT2D eigenvalue weighted by Crippen LogP contribution is 2.40. The molecule has 1 unspecified atom stereocenters. The summed E-state index contributed by atoms with van der Waals surface area (Å²) in [6, 6.07) is 12.5. The minimum Gasteiger partial charge on any atom is -0.493 e. The van der Waals surface area contributed by atoms with Crippen LogP contribution >= 0.6 is 0 Å². The lowest BCUT2D eigenvalue weighted by Crippen LogP contribution is -2.32.